The minimum atomic E-state index is -0.291. The van der Waals surface area contributed by atoms with Gasteiger partial charge in [-0.15, -0.1) is 11.3 Å². The van der Waals surface area contributed by atoms with Crippen molar-refractivity contribution in [2.75, 3.05) is 6.54 Å². The SMILES string of the molecule is CC(NC(=O)C1CCCN1C(=O)c1cccs1)C1CC2CCC1C2. The number of likely N-dealkylation sites (tertiary alicyclic amines) is 1. The lowest BCUT2D eigenvalue weighted by Gasteiger charge is -2.31. The molecule has 1 N–H and O–H groups in total. The zero-order chi connectivity index (χ0) is 16.7. The van der Waals surface area contributed by atoms with Crippen molar-refractivity contribution in [2.24, 2.45) is 17.8 Å². The highest BCUT2D eigenvalue weighted by Crippen LogP contribution is 2.49. The van der Waals surface area contributed by atoms with Gasteiger partial charge in [0.2, 0.25) is 5.91 Å². The number of fused-ring (bicyclic) bond motifs is 2. The molecule has 1 aliphatic heterocycles. The number of hydrogen-bond acceptors (Lipinski definition) is 3. The van der Waals surface area contributed by atoms with Crippen LogP contribution < -0.4 is 5.32 Å². The van der Waals surface area contributed by atoms with Crippen molar-refractivity contribution in [3.05, 3.63) is 22.4 Å². The van der Waals surface area contributed by atoms with Gasteiger partial charge in [0.05, 0.1) is 4.88 Å². The van der Waals surface area contributed by atoms with Gasteiger partial charge in [0.15, 0.2) is 0 Å². The summed E-state index contributed by atoms with van der Waals surface area (Å²) in [7, 11) is 0. The Morgan fingerprint density at radius 2 is 2.17 bits per heavy atom. The van der Waals surface area contributed by atoms with E-state index in [1.54, 1.807) is 4.90 Å². The lowest BCUT2D eigenvalue weighted by atomic mass is 9.84. The molecule has 2 bridgehead atoms. The Kier molecular flexibility index (Phi) is 4.37. The maximum absolute atomic E-state index is 12.8. The van der Waals surface area contributed by atoms with E-state index in [0.29, 0.717) is 12.5 Å². The van der Waals surface area contributed by atoms with Crippen LogP contribution in [0, 0.1) is 17.8 Å². The van der Waals surface area contributed by atoms with Crippen LogP contribution in [0.5, 0.6) is 0 Å². The average Bonchev–Trinajstić information content (AvgIpc) is 3.38. The Morgan fingerprint density at radius 3 is 2.83 bits per heavy atom. The summed E-state index contributed by atoms with van der Waals surface area (Å²) in [5.74, 6) is 2.39. The molecule has 2 heterocycles. The van der Waals surface area contributed by atoms with Crippen LogP contribution >= 0.6 is 11.3 Å². The summed E-state index contributed by atoms with van der Waals surface area (Å²) in [6.45, 7) is 2.85. The molecule has 3 aliphatic rings. The first-order chi connectivity index (χ1) is 11.6. The standard InChI is InChI=1S/C19H26N2O2S/c1-12(15-11-13-6-7-14(15)10-13)20-18(22)16-4-2-8-21(16)19(23)17-5-3-9-24-17/h3,5,9,12-16H,2,4,6-8,10-11H2,1H3,(H,20,22). The van der Waals surface area contributed by atoms with Crippen molar-refractivity contribution in [1.29, 1.82) is 0 Å². The van der Waals surface area contributed by atoms with E-state index in [2.05, 4.69) is 12.2 Å². The average molecular weight is 346 g/mol. The fourth-order valence-corrected chi connectivity index (χ4v) is 5.84. The number of nitrogens with one attached hydrogen (secondary N) is 1. The first kappa shape index (κ1) is 16.1. The third-order valence-corrected chi connectivity index (χ3v) is 7.21. The monoisotopic (exact) mass is 346 g/mol. The predicted octanol–water partition coefficient (Wildman–Crippen LogP) is 3.29. The number of thiophene rings is 1. The van der Waals surface area contributed by atoms with E-state index in [9.17, 15) is 9.59 Å². The van der Waals surface area contributed by atoms with Crippen LogP contribution in [0.2, 0.25) is 0 Å². The summed E-state index contributed by atoms with van der Waals surface area (Å²) in [6, 6.07) is 3.67. The lowest BCUT2D eigenvalue weighted by Crippen LogP contribution is -2.50. The molecule has 5 atom stereocenters. The Morgan fingerprint density at radius 1 is 1.29 bits per heavy atom. The maximum atomic E-state index is 12.8. The highest BCUT2D eigenvalue weighted by molar-refractivity contribution is 7.12. The van der Waals surface area contributed by atoms with Crippen LogP contribution in [0.4, 0.5) is 0 Å². The molecule has 24 heavy (non-hydrogen) atoms. The van der Waals surface area contributed by atoms with E-state index < -0.39 is 0 Å². The second kappa shape index (κ2) is 6.51. The predicted molar refractivity (Wildman–Crippen MR) is 94.9 cm³/mol. The molecule has 4 nitrogen and oxygen atoms in total. The van der Waals surface area contributed by atoms with Crippen molar-refractivity contribution < 1.29 is 9.59 Å². The van der Waals surface area contributed by atoms with E-state index in [1.165, 1.54) is 37.0 Å². The molecule has 0 aromatic carbocycles. The molecule has 0 spiro atoms. The van der Waals surface area contributed by atoms with Crippen molar-refractivity contribution in [2.45, 2.75) is 57.5 Å². The molecule has 2 aliphatic carbocycles. The van der Waals surface area contributed by atoms with Crippen LogP contribution in [-0.4, -0.2) is 35.3 Å². The Bertz CT molecular complexity index is 615. The van der Waals surface area contributed by atoms with Crippen LogP contribution in [0.25, 0.3) is 0 Å². The fraction of sp³-hybridized carbons (Fsp3) is 0.684. The van der Waals surface area contributed by atoms with Gasteiger partial charge in [-0.25, -0.2) is 0 Å². The maximum Gasteiger partial charge on any atom is 0.264 e. The van der Waals surface area contributed by atoms with E-state index in [-0.39, 0.29) is 23.9 Å². The Balaban J connectivity index is 1.39. The first-order valence-electron chi connectivity index (χ1n) is 9.28. The highest BCUT2D eigenvalue weighted by atomic mass is 32.1. The summed E-state index contributed by atoms with van der Waals surface area (Å²) in [5.41, 5.74) is 0. The fourth-order valence-electron chi connectivity index (χ4n) is 5.16. The highest BCUT2D eigenvalue weighted by Gasteiger charge is 2.43. The van der Waals surface area contributed by atoms with E-state index in [4.69, 9.17) is 0 Å². The molecule has 2 amide bonds. The van der Waals surface area contributed by atoms with Crippen LogP contribution in [0.1, 0.15) is 55.1 Å². The molecule has 0 radical (unpaired) electrons. The van der Waals surface area contributed by atoms with Gasteiger partial charge < -0.3 is 10.2 Å². The van der Waals surface area contributed by atoms with E-state index in [0.717, 1.165) is 29.6 Å². The van der Waals surface area contributed by atoms with Gasteiger partial charge in [-0.05, 0) is 68.2 Å². The van der Waals surface area contributed by atoms with Crippen molar-refractivity contribution in [3.8, 4) is 0 Å². The second-order valence-corrected chi connectivity index (χ2v) is 8.72. The summed E-state index contributed by atoms with van der Waals surface area (Å²) in [5, 5.41) is 5.16. The number of carbonyl (C=O) groups is 2. The van der Waals surface area contributed by atoms with Crippen LogP contribution in [-0.2, 0) is 4.79 Å². The third kappa shape index (κ3) is 2.87. The van der Waals surface area contributed by atoms with Crippen LogP contribution in [0.15, 0.2) is 17.5 Å². The number of carbonyl (C=O) groups excluding carboxylic acids is 2. The van der Waals surface area contributed by atoms with Crippen LogP contribution in [0.3, 0.4) is 0 Å². The molecule has 5 heteroatoms. The molecule has 1 aromatic rings. The molecule has 130 valence electrons. The topological polar surface area (TPSA) is 49.4 Å². The summed E-state index contributed by atoms with van der Waals surface area (Å²) >= 11 is 1.45. The normalized spacial score (nSPS) is 33.0. The molecular formula is C19H26N2O2S. The van der Waals surface area contributed by atoms with E-state index in [1.807, 2.05) is 17.5 Å². The summed E-state index contributed by atoms with van der Waals surface area (Å²) in [4.78, 5) is 27.9. The molecule has 2 saturated carbocycles. The third-order valence-electron chi connectivity index (χ3n) is 6.35. The first-order valence-corrected chi connectivity index (χ1v) is 10.2. The summed E-state index contributed by atoms with van der Waals surface area (Å²) < 4.78 is 0. The number of rotatable bonds is 4. The molecule has 1 aromatic heterocycles. The zero-order valence-electron chi connectivity index (χ0n) is 14.2. The van der Waals surface area contributed by atoms with Gasteiger partial charge in [-0.2, -0.15) is 0 Å². The molecular weight excluding hydrogens is 320 g/mol. The molecule has 4 rings (SSSR count). The van der Waals surface area contributed by atoms with Gasteiger partial charge in [0, 0.05) is 12.6 Å². The minimum Gasteiger partial charge on any atom is -0.352 e. The minimum absolute atomic E-state index is 0.00947. The van der Waals surface area contributed by atoms with Gasteiger partial charge in [-0.3, -0.25) is 9.59 Å². The number of hydrogen-bond donors (Lipinski definition) is 1. The van der Waals surface area contributed by atoms with Gasteiger partial charge in [0.25, 0.3) is 5.91 Å². The lowest BCUT2D eigenvalue weighted by molar-refractivity contribution is -0.125. The quantitative estimate of drug-likeness (QED) is 0.909. The smallest absolute Gasteiger partial charge is 0.264 e. The number of nitrogens with zero attached hydrogens (tertiary/aromatic N) is 1. The zero-order valence-corrected chi connectivity index (χ0v) is 15.1. The van der Waals surface area contributed by atoms with Crippen molar-refractivity contribution in [3.63, 3.8) is 0 Å². The number of amides is 2. The summed E-state index contributed by atoms with van der Waals surface area (Å²) in [6.07, 6.45) is 7.05. The van der Waals surface area contributed by atoms with Gasteiger partial charge >= 0.3 is 0 Å². The molecule has 5 unspecified atom stereocenters. The largest absolute Gasteiger partial charge is 0.352 e. The van der Waals surface area contributed by atoms with Crippen molar-refractivity contribution >= 4 is 23.2 Å². The van der Waals surface area contributed by atoms with Gasteiger partial charge in [-0.1, -0.05) is 12.5 Å². The van der Waals surface area contributed by atoms with E-state index >= 15 is 0 Å². The Labute approximate surface area is 147 Å². The second-order valence-electron chi connectivity index (χ2n) is 7.77. The van der Waals surface area contributed by atoms with Gasteiger partial charge in [0.1, 0.15) is 6.04 Å². The van der Waals surface area contributed by atoms with Crippen molar-refractivity contribution in [1.82, 2.24) is 10.2 Å². The Hall–Kier alpha value is -1.36. The molecule has 3 fully saturated rings. The molecule has 1 saturated heterocycles.